The Balaban J connectivity index is 1.94. The molecule has 0 radical (unpaired) electrons. The highest BCUT2D eigenvalue weighted by molar-refractivity contribution is 7.91. The lowest BCUT2D eigenvalue weighted by molar-refractivity contribution is 0.297. The lowest BCUT2D eigenvalue weighted by Gasteiger charge is -2.19. The van der Waals surface area contributed by atoms with Gasteiger partial charge in [0, 0.05) is 25.0 Å². The number of hydrogen-bond acceptors (Lipinski definition) is 7. The maximum absolute atomic E-state index is 12.2. The third-order valence-corrected chi connectivity index (χ3v) is 6.67. The van der Waals surface area contributed by atoms with E-state index in [1.54, 1.807) is 0 Å². The summed E-state index contributed by atoms with van der Waals surface area (Å²) in [5.41, 5.74) is 1.23. The predicted octanol–water partition coefficient (Wildman–Crippen LogP) is 2.83. The Kier molecular flexibility index (Phi) is 5.58. The first-order valence-corrected chi connectivity index (χ1v) is 12.5. The molecule has 2 aromatic rings. The summed E-state index contributed by atoms with van der Waals surface area (Å²) in [6, 6.07) is 9.40. The number of benzene rings is 2. The van der Waals surface area contributed by atoms with Crippen molar-refractivity contribution in [1.82, 2.24) is 0 Å². The lowest BCUT2D eigenvalue weighted by Crippen LogP contribution is -2.12. The van der Waals surface area contributed by atoms with E-state index in [4.69, 9.17) is 9.47 Å². The van der Waals surface area contributed by atoms with Crippen LogP contribution in [-0.2, 0) is 19.7 Å². The van der Waals surface area contributed by atoms with E-state index < -0.39 is 19.7 Å². The van der Waals surface area contributed by atoms with Crippen molar-refractivity contribution in [2.24, 2.45) is 0 Å². The Morgan fingerprint density at radius 3 is 2.21 bits per heavy atom. The van der Waals surface area contributed by atoms with Crippen molar-refractivity contribution in [3.05, 3.63) is 42.0 Å². The third-order valence-electron chi connectivity index (χ3n) is 4.42. The number of hydrogen-bond donors (Lipinski definition) is 1. The van der Waals surface area contributed by atoms with Gasteiger partial charge in [-0.1, -0.05) is 6.07 Å². The topological polar surface area (TPSA) is 98.8 Å². The van der Waals surface area contributed by atoms with Crippen molar-refractivity contribution in [1.29, 1.82) is 0 Å². The Hall–Kier alpha value is -2.26. The van der Waals surface area contributed by atoms with Gasteiger partial charge in [-0.2, -0.15) is 0 Å². The molecular weight excluding hydrogens is 402 g/mol. The minimum absolute atomic E-state index is 0.0401. The quantitative estimate of drug-likeness (QED) is 0.786. The molecule has 1 N–H and O–H groups in total. The second-order valence-electron chi connectivity index (χ2n) is 6.82. The highest BCUT2D eigenvalue weighted by Gasteiger charge is 2.20. The van der Waals surface area contributed by atoms with Gasteiger partial charge >= 0.3 is 0 Å². The molecule has 1 heterocycles. The molecule has 0 fully saturated rings. The van der Waals surface area contributed by atoms with Crippen LogP contribution < -0.4 is 14.8 Å². The molecule has 1 aliphatic heterocycles. The Labute approximate surface area is 165 Å². The standard InChI is InChI=1S/C19H23NO6S2/c1-13(14-5-8-17-18(11-14)26-10-4-9-25-17)20-16-7-6-15(27(2,21)22)12-19(16)28(3,23)24/h5-8,11-13,20H,4,9-10H2,1-3H3. The predicted molar refractivity (Wildman–Crippen MR) is 107 cm³/mol. The van der Waals surface area contributed by atoms with Crippen LogP contribution in [0.4, 0.5) is 5.69 Å². The van der Waals surface area contributed by atoms with E-state index >= 15 is 0 Å². The molecular formula is C19H23NO6S2. The fourth-order valence-electron chi connectivity index (χ4n) is 2.93. The molecule has 2 aromatic carbocycles. The van der Waals surface area contributed by atoms with Gasteiger partial charge < -0.3 is 14.8 Å². The number of sulfone groups is 2. The van der Waals surface area contributed by atoms with Crippen LogP contribution in [0.5, 0.6) is 11.5 Å². The monoisotopic (exact) mass is 425 g/mol. The Morgan fingerprint density at radius 1 is 0.893 bits per heavy atom. The summed E-state index contributed by atoms with van der Waals surface area (Å²) >= 11 is 0. The van der Waals surface area contributed by atoms with Gasteiger partial charge in [0.05, 0.1) is 28.7 Å². The summed E-state index contributed by atoms with van der Waals surface area (Å²) in [5, 5.41) is 3.16. The van der Waals surface area contributed by atoms with Crippen LogP contribution in [-0.4, -0.2) is 42.6 Å². The van der Waals surface area contributed by atoms with E-state index in [0.29, 0.717) is 30.4 Å². The van der Waals surface area contributed by atoms with Gasteiger partial charge in [-0.3, -0.25) is 0 Å². The number of fused-ring (bicyclic) bond motifs is 1. The highest BCUT2D eigenvalue weighted by Crippen LogP contribution is 2.34. The van der Waals surface area contributed by atoms with Gasteiger partial charge in [0.25, 0.3) is 0 Å². The van der Waals surface area contributed by atoms with E-state index in [2.05, 4.69) is 5.32 Å². The zero-order chi connectivity index (χ0) is 20.5. The Morgan fingerprint density at radius 2 is 1.57 bits per heavy atom. The SMILES string of the molecule is CC(Nc1ccc(S(C)(=O)=O)cc1S(C)(=O)=O)c1ccc2c(c1)OCCCO2. The van der Waals surface area contributed by atoms with Crippen LogP contribution >= 0.6 is 0 Å². The Bertz CT molecular complexity index is 1090. The molecule has 0 saturated carbocycles. The molecule has 1 unspecified atom stereocenters. The van der Waals surface area contributed by atoms with Crippen LogP contribution in [0.1, 0.15) is 24.9 Å². The molecule has 0 amide bonds. The van der Waals surface area contributed by atoms with E-state index in [0.717, 1.165) is 24.5 Å². The molecule has 0 bridgehead atoms. The molecule has 1 aliphatic rings. The van der Waals surface area contributed by atoms with Crippen molar-refractivity contribution >= 4 is 25.4 Å². The van der Waals surface area contributed by atoms with Gasteiger partial charge in [-0.05, 0) is 42.8 Å². The number of anilines is 1. The number of ether oxygens (including phenoxy) is 2. The van der Waals surface area contributed by atoms with Gasteiger partial charge in [-0.25, -0.2) is 16.8 Å². The van der Waals surface area contributed by atoms with Crippen molar-refractivity contribution in [3.8, 4) is 11.5 Å². The summed E-state index contributed by atoms with van der Waals surface area (Å²) in [7, 11) is -7.15. The second kappa shape index (κ2) is 7.63. The summed E-state index contributed by atoms with van der Waals surface area (Å²) < 4.78 is 59.3. The normalized spacial score (nSPS) is 15.5. The minimum Gasteiger partial charge on any atom is -0.490 e. The average Bonchev–Trinajstić information content (AvgIpc) is 2.84. The molecule has 0 aliphatic carbocycles. The van der Waals surface area contributed by atoms with Gasteiger partial charge in [-0.15, -0.1) is 0 Å². The largest absolute Gasteiger partial charge is 0.490 e. The van der Waals surface area contributed by atoms with E-state index in [-0.39, 0.29) is 15.8 Å². The molecule has 0 aromatic heterocycles. The molecule has 1 atom stereocenters. The minimum atomic E-state index is -3.63. The maximum atomic E-state index is 12.2. The number of rotatable bonds is 5. The molecule has 0 saturated heterocycles. The van der Waals surface area contributed by atoms with Gasteiger partial charge in [0.2, 0.25) is 0 Å². The summed E-state index contributed by atoms with van der Waals surface area (Å²) in [6.07, 6.45) is 2.90. The summed E-state index contributed by atoms with van der Waals surface area (Å²) in [6.45, 7) is 3.06. The average molecular weight is 426 g/mol. The van der Waals surface area contributed by atoms with Crippen molar-refractivity contribution in [3.63, 3.8) is 0 Å². The molecule has 28 heavy (non-hydrogen) atoms. The zero-order valence-corrected chi connectivity index (χ0v) is 17.6. The fourth-order valence-corrected chi connectivity index (χ4v) is 4.51. The first kappa shape index (κ1) is 20.5. The highest BCUT2D eigenvalue weighted by atomic mass is 32.2. The van der Waals surface area contributed by atoms with Crippen LogP contribution in [0.2, 0.25) is 0 Å². The zero-order valence-electron chi connectivity index (χ0n) is 15.9. The second-order valence-corrected chi connectivity index (χ2v) is 10.8. The molecule has 3 rings (SSSR count). The maximum Gasteiger partial charge on any atom is 0.177 e. The molecule has 9 heteroatoms. The summed E-state index contributed by atoms with van der Waals surface area (Å²) in [5.74, 6) is 1.34. The first-order chi connectivity index (χ1) is 13.1. The number of nitrogens with one attached hydrogen (secondary N) is 1. The molecule has 152 valence electrons. The van der Waals surface area contributed by atoms with E-state index in [9.17, 15) is 16.8 Å². The first-order valence-electron chi connectivity index (χ1n) is 8.76. The van der Waals surface area contributed by atoms with E-state index in [1.807, 2.05) is 25.1 Å². The van der Waals surface area contributed by atoms with Crippen LogP contribution in [0.15, 0.2) is 46.2 Å². The van der Waals surface area contributed by atoms with Crippen LogP contribution in [0, 0.1) is 0 Å². The van der Waals surface area contributed by atoms with Crippen molar-refractivity contribution < 1.29 is 26.3 Å². The fraction of sp³-hybridized carbons (Fsp3) is 0.368. The molecule has 0 spiro atoms. The molecule has 7 nitrogen and oxygen atoms in total. The van der Waals surface area contributed by atoms with Gasteiger partial charge in [0.1, 0.15) is 0 Å². The van der Waals surface area contributed by atoms with Crippen LogP contribution in [0.3, 0.4) is 0 Å². The van der Waals surface area contributed by atoms with Crippen molar-refractivity contribution in [2.75, 3.05) is 31.0 Å². The van der Waals surface area contributed by atoms with E-state index in [1.165, 1.54) is 18.2 Å². The van der Waals surface area contributed by atoms with Crippen molar-refractivity contribution in [2.45, 2.75) is 29.2 Å². The third kappa shape index (κ3) is 4.59. The smallest absolute Gasteiger partial charge is 0.177 e. The van der Waals surface area contributed by atoms with Crippen LogP contribution in [0.25, 0.3) is 0 Å². The summed E-state index contributed by atoms with van der Waals surface area (Å²) in [4.78, 5) is -0.0988. The van der Waals surface area contributed by atoms with Gasteiger partial charge in [0.15, 0.2) is 31.2 Å². The lowest BCUT2D eigenvalue weighted by atomic mass is 10.1.